The van der Waals surface area contributed by atoms with Gasteiger partial charge in [0.15, 0.2) is 0 Å². The Morgan fingerprint density at radius 2 is 2.25 bits per heavy atom. The Kier molecular flexibility index (Phi) is 4.00. The number of hydrazine groups is 1. The zero-order valence-corrected chi connectivity index (χ0v) is 11.3. The first kappa shape index (κ1) is 12.1. The van der Waals surface area contributed by atoms with E-state index in [4.69, 9.17) is 5.84 Å². The van der Waals surface area contributed by atoms with E-state index in [1.165, 1.54) is 34.9 Å². The van der Waals surface area contributed by atoms with Crippen LogP contribution in [0.25, 0.3) is 0 Å². The van der Waals surface area contributed by atoms with Crippen molar-refractivity contribution in [3.05, 3.63) is 33.8 Å². The number of nitrogens with two attached hydrogens (primary N) is 1. The molecule has 3 heteroatoms. The third-order valence-corrected chi connectivity index (χ3v) is 4.45. The highest BCUT2D eigenvalue weighted by Gasteiger charge is 2.22. The van der Waals surface area contributed by atoms with Crippen LogP contribution in [0.5, 0.6) is 0 Å². The second-order valence-corrected chi connectivity index (χ2v) is 5.61. The van der Waals surface area contributed by atoms with E-state index in [2.05, 4.69) is 46.5 Å². The van der Waals surface area contributed by atoms with Crippen LogP contribution in [-0.2, 0) is 0 Å². The van der Waals surface area contributed by atoms with Gasteiger partial charge in [-0.25, -0.2) is 0 Å². The molecule has 1 unspecified atom stereocenters. The molecule has 1 aromatic rings. The van der Waals surface area contributed by atoms with Crippen molar-refractivity contribution in [1.29, 1.82) is 0 Å². The molecule has 0 radical (unpaired) electrons. The Morgan fingerprint density at radius 3 is 2.75 bits per heavy atom. The number of aryl methyl sites for hydroxylation is 1. The lowest BCUT2D eigenvalue weighted by Crippen LogP contribution is -2.31. The maximum Gasteiger partial charge on any atom is 0.0463 e. The fourth-order valence-corrected chi connectivity index (χ4v) is 2.58. The predicted molar refractivity (Wildman–Crippen MR) is 70.9 cm³/mol. The summed E-state index contributed by atoms with van der Waals surface area (Å²) in [7, 11) is 0. The van der Waals surface area contributed by atoms with Crippen molar-refractivity contribution >= 4 is 15.9 Å². The summed E-state index contributed by atoms with van der Waals surface area (Å²) < 4.78 is 1.17. The summed E-state index contributed by atoms with van der Waals surface area (Å²) in [6.07, 6.45) is 5.28. The van der Waals surface area contributed by atoms with Crippen LogP contribution in [0.4, 0.5) is 0 Å². The summed E-state index contributed by atoms with van der Waals surface area (Å²) in [5.41, 5.74) is 5.49. The number of hydrogen-bond acceptors (Lipinski definition) is 2. The molecule has 0 bridgehead atoms. The number of benzene rings is 1. The maximum atomic E-state index is 5.65. The summed E-state index contributed by atoms with van der Waals surface area (Å²) in [6.45, 7) is 2.10. The lowest BCUT2D eigenvalue weighted by atomic mass is 9.80. The maximum absolute atomic E-state index is 5.65. The first-order chi connectivity index (χ1) is 7.70. The molecule has 1 fully saturated rings. The van der Waals surface area contributed by atoms with Crippen LogP contribution in [0, 0.1) is 12.8 Å². The minimum absolute atomic E-state index is 0.294. The Hall–Kier alpha value is -0.380. The van der Waals surface area contributed by atoms with Crippen LogP contribution in [0.15, 0.2) is 22.7 Å². The number of hydrogen-bond donors (Lipinski definition) is 2. The van der Waals surface area contributed by atoms with Crippen LogP contribution < -0.4 is 11.3 Å². The van der Waals surface area contributed by atoms with E-state index in [1.807, 2.05) is 0 Å². The third-order valence-electron chi connectivity index (χ3n) is 3.59. The molecule has 1 aliphatic carbocycles. The van der Waals surface area contributed by atoms with Gasteiger partial charge in [-0.2, -0.15) is 0 Å². The van der Waals surface area contributed by atoms with Gasteiger partial charge in [-0.3, -0.25) is 11.3 Å². The van der Waals surface area contributed by atoms with Crippen LogP contribution >= 0.6 is 15.9 Å². The summed E-state index contributed by atoms with van der Waals surface area (Å²) >= 11 is 3.57. The summed E-state index contributed by atoms with van der Waals surface area (Å²) in [6, 6.07) is 6.79. The SMILES string of the molecule is Cc1ccc(C(CC2CCC2)NN)cc1Br. The van der Waals surface area contributed by atoms with Gasteiger partial charge in [0.05, 0.1) is 0 Å². The normalized spacial score (nSPS) is 18.2. The van der Waals surface area contributed by atoms with Crippen molar-refractivity contribution in [3.63, 3.8) is 0 Å². The Labute approximate surface area is 106 Å². The van der Waals surface area contributed by atoms with Gasteiger partial charge in [0.25, 0.3) is 0 Å². The van der Waals surface area contributed by atoms with Crippen molar-refractivity contribution in [3.8, 4) is 0 Å². The smallest absolute Gasteiger partial charge is 0.0463 e. The predicted octanol–water partition coefficient (Wildman–Crippen LogP) is 3.45. The molecule has 2 rings (SSSR count). The topological polar surface area (TPSA) is 38.0 Å². The van der Waals surface area contributed by atoms with Crippen LogP contribution in [-0.4, -0.2) is 0 Å². The van der Waals surface area contributed by atoms with E-state index in [1.54, 1.807) is 0 Å². The molecule has 1 aromatic carbocycles. The van der Waals surface area contributed by atoms with E-state index in [-0.39, 0.29) is 0 Å². The molecule has 1 saturated carbocycles. The molecule has 0 aromatic heterocycles. The van der Waals surface area contributed by atoms with Crippen LogP contribution in [0.3, 0.4) is 0 Å². The van der Waals surface area contributed by atoms with Gasteiger partial charge in [-0.15, -0.1) is 0 Å². The van der Waals surface area contributed by atoms with Gasteiger partial charge in [0, 0.05) is 10.5 Å². The average Bonchev–Trinajstić information content (AvgIpc) is 2.21. The molecule has 2 nitrogen and oxygen atoms in total. The molecule has 1 aliphatic rings. The molecule has 0 amide bonds. The van der Waals surface area contributed by atoms with Crippen molar-refractivity contribution in [2.45, 2.75) is 38.6 Å². The highest BCUT2D eigenvalue weighted by atomic mass is 79.9. The molecule has 3 N–H and O–H groups in total. The van der Waals surface area contributed by atoms with E-state index in [0.29, 0.717) is 6.04 Å². The van der Waals surface area contributed by atoms with Gasteiger partial charge in [0.1, 0.15) is 0 Å². The van der Waals surface area contributed by atoms with Gasteiger partial charge < -0.3 is 0 Å². The summed E-state index contributed by atoms with van der Waals surface area (Å²) in [5.74, 6) is 6.52. The highest BCUT2D eigenvalue weighted by Crippen LogP contribution is 2.35. The quantitative estimate of drug-likeness (QED) is 0.656. The van der Waals surface area contributed by atoms with Crippen molar-refractivity contribution < 1.29 is 0 Å². The molecule has 0 heterocycles. The number of nitrogens with one attached hydrogen (secondary N) is 1. The summed E-state index contributed by atoms with van der Waals surface area (Å²) in [5, 5.41) is 0. The second-order valence-electron chi connectivity index (χ2n) is 4.76. The molecule has 0 spiro atoms. The highest BCUT2D eigenvalue weighted by molar-refractivity contribution is 9.10. The van der Waals surface area contributed by atoms with Gasteiger partial charge in [0.2, 0.25) is 0 Å². The molecule has 0 saturated heterocycles. The molecular weight excluding hydrogens is 264 g/mol. The van der Waals surface area contributed by atoms with E-state index in [0.717, 1.165) is 12.3 Å². The van der Waals surface area contributed by atoms with Crippen molar-refractivity contribution in [2.75, 3.05) is 0 Å². The van der Waals surface area contributed by atoms with Crippen LogP contribution in [0.2, 0.25) is 0 Å². The lowest BCUT2D eigenvalue weighted by Gasteiger charge is -2.29. The van der Waals surface area contributed by atoms with Crippen molar-refractivity contribution in [2.24, 2.45) is 11.8 Å². The minimum Gasteiger partial charge on any atom is -0.271 e. The molecular formula is C13H19BrN2. The molecule has 16 heavy (non-hydrogen) atoms. The Morgan fingerprint density at radius 1 is 1.50 bits per heavy atom. The molecule has 88 valence electrons. The average molecular weight is 283 g/mol. The Balaban J connectivity index is 2.09. The van der Waals surface area contributed by atoms with Gasteiger partial charge in [-0.05, 0) is 36.5 Å². The minimum atomic E-state index is 0.294. The van der Waals surface area contributed by atoms with Crippen molar-refractivity contribution in [1.82, 2.24) is 5.43 Å². The zero-order chi connectivity index (χ0) is 11.5. The zero-order valence-electron chi connectivity index (χ0n) is 9.67. The molecule has 0 aliphatic heterocycles. The monoisotopic (exact) mass is 282 g/mol. The lowest BCUT2D eigenvalue weighted by molar-refractivity contribution is 0.262. The third kappa shape index (κ3) is 2.65. The molecule has 1 atom stereocenters. The number of halogens is 1. The second kappa shape index (κ2) is 5.30. The largest absolute Gasteiger partial charge is 0.271 e. The number of rotatable bonds is 4. The standard InChI is InChI=1S/C13H19BrN2/c1-9-5-6-11(8-12(9)14)13(16-15)7-10-3-2-4-10/h5-6,8,10,13,16H,2-4,7,15H2,1H3. The van der Waals surface area contributed by atoms with Crippen LogP contribution in [0.1, 0.15) is 42.9 Å². The van der Waals surface area contributed by atoms with E-state index in [9.17, 15) is 0 Å². The summed E-state index contributed by atoms with van der Waals surface area (Å²) in [4.78, 5) is 0. The fraction of sp³-hybridized carbons (Fsp3) is 0.538. The Bertz CT molecular complexity index is 361. The van der Waals surface area contributed by atoms with E-state index >= 15 is 0 Å². The van der Waals surface area contributed by atoms with Gasteiger partial charge in [-0.1, -0.05) is 47.3 Å². The fourth-order valence-electron chi connectivity index (χ4n) is 2.19. The van der Waals surface area contributed by atoms with Gasteiger partial charge >= 0.3 is 0 Å². The van der Waals surface area contributed by atoms with E-state index < -0.39 is 0 Å². The first-order valence-corrected chi connectivity index (χ1v) is 6.72. The first-order valence-electron chi connectivity index (χ1n) is 5.93.